The number of likely N-dealkylation sites (tertiary alicyclic amines) is 1. The van der Waals surface area contributed by atoms with Gasteiger partial charge in [0, 0.05) is 42.9 Å². The molecule has 2 amide bonds. The van der Waals surface area contributed by atoms with E-state index in [0.29, 0.717) is 23.6 Å². The summed E-state index contributed by atoms with van der Waals surface area (Å²) in [5.74, 6) is -2.36. The highest BCUT2D eigenvalue weighted by Gasteiger charge is 2.62. The lowest BCUT2D eigenvalue weighted by atomic mass is 9.78. The van der Waals surface area contributed by atoms with Crippen LogP contribution in [0.1, 0.15) is 30.4 Å². The van der Waals surface area contributed by atoms with Crippen molar-refractivity contribution in [2.45, 2.75) is 42.1 Å². The number of hydrogen-bond donors (Lipinski definition) is 0. The number of para-hydroxylation sites is 1. The Morgan fingerprint density at radius 2 is 1.70 bits per heavy atom. The van der Waals surface area contributed by atoms with Crippen molar-refractivity contribution >= 4 is 39.1 Å². The summed E-state index contributed by atoms with van der Waals surface area (Å²) in [6, 6.07) is 12.5. The van der Waals surface area contributed by atoms with E-state index >= 15 is 4.79 Å². The van der Waals surface area contributed by atoms with Gasteiger partial charge in [0.15, 0.2) is 11.3 Å². The van der Waals surface area contributed by atoms with E-state index in [4.69, 9.17) is 21.1 Å². The number of methoxy groups -OCH3 is 2. The molecule has 3 aromatic carbocycles. The van der Waals surface area contributed by atoms with Crippen LogP contribution in [0.3, 0.4) is 0 Å². The summed E-state index contributed by atoms with van der Waals surface area (Å²) in [7, 11) is 0.596. The first-order valence-electron chi connectivity index (χ1n) is 14.1. The van der Waals surface area contributed by atoms with Crippen LogP contribution in [-0.4, -0.2) is 77.3 Å². The zero-order valence-electron chi connectivity index (χ0n) is 25.3. The summed E-state index contributed by atoms with van der Waals surface area (Å²) >= 11 is 6.49. The van der Waals surface area contributed by atoms with Gasteiger partial charge < -0.3 is 19.1 Å². The Labute approximate surface area is 269 Å². The average molecular weight is 682 g/mol. The molecule has 1 fully saturated rings. The number of carbonyl (C=O) groups is 2. The molecule has 0 spiro atoms. The van der Waals surface area contributed by atoms with Crippen molar-refractivity contribution < 1.29 is 45.4 Å². The van der Waals surface area contributed by atoms with Crippen LogP contribution in [0.25, 0.3) is 0 Å². The third-order valence-electron chi connectivity index (χ3n) is 8.11. The molecule has 0 N–H and O–H groups in total. The van der Waals surface area contributed by atoms with Crippen molar-refractivity contribution in [1.82, 2.24) is 9.80 Å². The number of benzene rings is 3. The number of alkyl halides is 3. The molecule has 246 valence electrons. The lowest BCUT2D eigenvalue weighted by Gasteiger charge is -2.47. The molecular formula is C31H31ClF3N3O7S. The molecule has 1 saturated heterocycles. The Morgan fingerprint density at radius 1 is 0.978 bits per heavy atom. The maximum absolute atomic E-state index is 15.2. The van der Waals surface area contributed by atoms with Gasteiger partial charge in [-0.05, 0) is 49.2 Å². The highest BCUT2D eigenvalue weighted by molar-refractivity contribution is 7.93. The summed E-state index contributed by atoms with van der Waals surface area (Å²) in [5, 5.41) is 0.156. The van der Waals surface area contributed by atoms with Crippen LogP contribution in [-0.2, 0) is 25.2 Å². The second kappa shape index (κ2) is 12.3. The number of anilines is 1. The van der Waals surface area contributed by atoms with Crippen molar-refractivity contribution in [2.75, 3.05) is 39.2 Å². The van der Waals surface area contributed by atoms with E-state index in [1.165, 1.54) is 37.3 Å². The number of halogens is 4. The van der Waals surface area contributed by atoms with Crippen LogP contribution < -0.4 is 18.5 Å². The lowest BCUT2D eigenvalue weighted by Crippen LogP contribution is -2.62. The van der Waals surface area contributed by atoms with Gasteiger partial charge in [0.1, 0.15) is 16.4 Å². The number of nitrogens with zero attached hydrogens (tertiary/aromatic N) is 3. The lowest BCUT2D eigenvalue weighted by molar-refractivity contribution is -0.275. The van der Waals surface area contributed by atoms with Crippen LogP contribution in [0.4, 0.5) is 18.9 Å². The van der Waals surface area contributed by atoms with E-state index in [2.05, 4.69) is 4.74 Å². The smallest absolute Gasteiger partial charge is 0.497 e. The van der Waals surface area contributed by atoms with Crippen LogP contribution in [0.2, 0.25) is 5.02 Å². The van der Waals surface area contributed by atoms with Gasteiger partial charge in [-0.3, -0.25) is 14.5 Å². The number of ether oxygens (including phenoxy) is 3. The van der Waals surface area contributed by atoms with E-state index in [-0.39, 0.29) is 45.8 Å². The zero-order chi connectivity index (χ0) is 33.6. The summed E-state index contributed by atoms with van der Waals surface area (Å²) in [4.78, 5) is 31.0. The van der Waals surface area contributed by atoms with Crippen molar-refractivity contribution in [1.29, 1.82) is 0 Å². The Balaban J connectivity index is 1.85. The maximum atomic E-state index is 15.2. The molecule has 2 aliphatic heterocycles. The maximum Gasteiger partial charge on any atom is 0.573 e. The van der Waals surface area contributed by atoms with Gasteiger partial charge in [-0.25, -0.2) is 12.7 Å². The third-order valence-corrected chi connectivity index (χ3v) is 10.1. The second-order valence-corrected chi connectivity index (χ2v) is 13.1. The van der Waals surface area contributed by atoms with Gasteiger partial charge >= 0.3 is 6.36 Å². The van der Waals surface area contributed by atoms with Crippen molar-refractivity contribution in [2.24, 2.45) is 0 Å². The van der Waals surface area contributed by atoms with Gasteiger partial charge in [-0.15, -0.1) is 13.2 Å². The first-order valence-corrected chi connectivity index (χ1v) is 15.9. The van der Waals surface area contributed by atoms with Gasteiger partial charge in [0.2, 0.25) is 5.91 Å². The van der Waals surface area contributed by atoms with Crippen LogP contribution in [0.5, 0.6) is 17.2 Å². The molecule has 2 aliphatic rings. The van der Waals surface area contributed by atoms with E-state index in [0.717, 1.165) is 18.2 Å². The molecule has 0 aliphatic carbocycles. The van der Waals surface area contributed by atoms with Crippen molar-refractivity contribution in [3.8, 4) is 17.2 Å². The van der Waals surface area contributed by atoms with Crippen LogP contribution >= 0.6 is 11.6 Å². The molecule has 3 aromatic rings. The minimum Gasteiger partial charge on any atom is -0.497 e. The van der Waals surface area contributed by atoms with Gasteiger partial charge in [-0.2, -0.15) is 0 Å². The fourth-order valence-electron chi connectivity index (χ4n) is 6.24. The molecule has 0 saturated carbocycles. The molecular weight excluding hydrogens is 651 g/mol. The molecule has 5 rings (SSSR count). The minimum atomic E-state index is -5.27. The molecule has 46 heavy (non-hydrogen) atoms. The molecule has 0 bridgehead atoms. The number of fused-ring (bicyclic) bond motifs is 1. The summed E-state index contributed by atoms with van der Waals surface area (Å²) < 4.78 is 84.9. The number of hydrogen-bond acceptors (Lipinski definition) is 8. The number of piperidine rings is 1. The second-order valence-electron chi connectivity index (χ2n) is 10.9. The molecule has 2 atom stereocenters. The topological polar surface area (TPSA) is 106 Å². The van der Waals surface area contributed by atoms with E-state index in [1.807, 2.05) is 0 Å². The number of rotatable bonds is 8. The third kappa shape index (κ3) is 5.52. The fourth-order valence-corrected chi connectivity index (χ4v) is 7.97. The van der Waals surface area contributed by atoms with Gasteiger partial charge in [-0.1, -0.05) is 36.2 Å². The summed E-state index contributed by atoms with van der Waals surface area (Å²) in [6.07, 6.45) is -3.70. The first-order chi connectivity index (χ1) is 21.7. The Hall–Kier alpha value is -4.01. The number of carbonyl (C=O) groups excluding carboxylic acids is 2. The summed E-state index contributed by atoms with van der Waals surface area (Å²) in [6.45, 7) is 0.193. The van der Waals surface area contributed by atoms with Crippen molar-refractivity contribution in [3.05, 3.63) is 76.8 Å². The quantitative estimate of drug-likeness (QED) is 0.321. The van der Waals surface area contributed by atoms with Crippen LogP contribution in [0, 0.1) is 0 Å². The Kier molecular flexibility index (Phi) is 8.92. The predicted octanol–water partition coefficient (Wildman–Crippen LogP) is 5.18. The molecule has 2 heterocycles. The van der Waals surface area contributed by atoms with E-state index < -0.39 is 44.5 Å². The Morgan fingerprint density at radius 3 is 2.35 bits per heavy atom. The van der Waals surface area contributed by atoms with E-state index in [9.17, 15) is 26.4 Å². The highest BCUT2D eigenvalue weighted by Crippen LogP contribution is 2.55. The first kappa shape index (κ1) is 33.4. The minimum absolute atomic E-state index is 0.111. The molecule has 1 unspecified atom stereocenters. The number of likely N-dealkylation sites (N-methyl/N-ethyl adjacent to an activating group) is 1. The number of amides is 2. The summed E-state index contributed by atoms with van der Waals surface area (Å²) in [5.41, 5.74) is -1.82. The van der Waals surface area contributed by atoms with Gasteiger partial charge in [0.25, 0.3) is 15.9 Å². The largest absolute Gasteiger partial charge is 0.573 e. The predicted molar refractivity (Wildman–Crippen MR) is 163 cm³/mol. The highest BCUT2D eigenvalue weighted by atomic mass is 35.5. The average Bonchev–Trinajstić information content (AvgIpc) is 3.27. The number of sulfonamides is 1. The fraction of sp³-hybridized carbons (Fsp3) is 0.355. The Bertz CT molecular complexity index is 1790. The SMILES string of the molecule is COc1ccc(S(=O)(=O)N2C(=O)C(c3ccccc3OC)(N3CCCC[C@H]3C(=O)N(C)C)c3cc(Cl)ccc32)c(OC(F)(F)F)c1. The monoisotopic (exact) mass is 681 g/mol. The molecule has 0 aromatic heterocycles. The van der Waals surface area contributed by atoms with Crippen molar-refractivity contribution in [3.63, 3.8) is 0 Å². The molecule has 15 heteroatoms. The zero-order valence-corrected chi connectivity index (χ0v) is 26.9. The molecule has 10 nitrogen and oxygen atoms in total. The molecule has 0 radical (unpaired) electrons. The van der Waals surface area contributed by atoms with Gasteiger partial charge in [0.05, 0.1) is 25.9 Å². The van der Waals surface area contributed by atoms with E-state index in [1.54, 1.807) is 43.3 Å². The van der Waals surface area contributed by atoms with Crippen LogP contribution in [0.15, 0.2) is 65.6 Å². The normalized spacial score (nSPS) is 20.3. The standard InChI is InChI=1S/C31H31ClF3N3O7S/c1-36(2)28(39)24-10-7-8-16-37(24)30(21-9-5-6-11-25(21)44-4)22-17-19(32)12-14-23(22)38(29(30)40)46(41,42)27-15-13-20(43-3)18-26(27)45-31(33,34)35/h5-6,9,11-15,17-18,24H,7-8,10,16H2,1-4H3/t24-,30?/m0/s1.